The lowest BCUT2D eigenvalue weighted by Gasteiger charge is -2.14. The Bertz CT molecular complexity index is 1230. The number of pyridine rings is 1. The molecule has 0 bridgehead atoms. The van der Waals surface area contributed by atoms with Gasteiger partial charge in [0.15, 0.2) is 5.90 Å². The molecule has 0 unspecified atom stereocenters. The number of rotatable bonds is 7. The summed E-state index contributed by atoms with van der Waals surface area (Å²) in [6, 6.07) is 15.5. The van der Waals surface area contributed by atoms with Crippen molar-refractivity contribution in [2.45, 2.75) is 41.5 Å². The third-order valence-electron chi connectivity index (χ3n) is 5.00. The summed E-state index contributed by atoms with van der Waals surface area (Å²) in [6.45, 7) is 12.3. The Labute approximate surface area is 228 Å². The summed E-state index contributed by atoms with van der Waals surface area (Å²) in [6.07, 6.45) is 9.25. The van der Waals surface area contributed by atoms with Gasteiger partial charge in [0.25, 0.3) is 0 Å². The average Bonchev–Trinajstić information content (AvgIpc) is 2.90. The van der Waals surface area contributed by atoms with Crippen LogP contribution in [0.5, 0.6) is 5.75 Å². The van der Waals surface area contributed by atoms with Gasteiger partial charge in [-0.2, -0.15) is 5.26 Å². The van der Waals surface area contributed by atoms with Crippen LogP contribution < -0.4 is 10.1 Å². The van der Waals surface area contributed by atoms with Gasteiger partial charge in [-0.3, -0.25) is 15.4 Å². The number of nitrogens with one attached hydrogen (secondary N) is 2. The van der Waals surface area contributed by atoms with E-state index in [4.69, 9.17) is 15.4 Å². The smallest absolute Gasteiger partial charge is 0.184 e. The predicted molar refractivity (Wildman–Crippen MR) is 160 cm³/mol. The van der Waals surface area contributed by atoms with Crippen molar-refractivity contribution < 1.29 is 4.74 Å². The van der Waals surface area contributed by atoms with Crippen LogP contribution in [-0.4, -0.2) is 42.8 Å². The van der Waals surface area contributed by atoms with Crippen LogP contribution in [0.25, 0.3) is 11.1 Å². The molecule has 1 aromatic heterocycles. The molecule has 1 heterocycles. The molecule has 200 valence electrons. The van der Waals surface area contributed by atoms with Crippen LogP contribution in [0.15, 0.2) is 72.1 Å². The molecule has 0 saturated carbocycles. The summed E-state index contributed by atoms with van der Waals surface area (Å²) < 4.78 is 5.47. The molecule has 0 atom stereocenters. The van der Waals surface area contributed by atoms with E-state index in [2.05, 4.69) is 40.4 Å². The highest BCUT2D eigenvalue weighted by Crippen LogP contribution is 2.31. The quantitative estimate of drug-likeness (QED) is 0.259. The van der Waals surface area contributed by atoms with E-state index in [0.29, 0.717) is 12.1 Å². The molecule has 0 spiro atoms. The number of benzene rings is 2. The lowest BCUT2D eigenvalue weighted by molar-refractivity contribution is 0.533. The van der Waals surface area contributed by atoms with Crippen LogP contribution in [0.1, 0.15) is 43.0 Å². The topological polar surface area (TPSA) is 97.4 Å². The van der Waals surface area contributed by atoms with Gasteiger partial charge in [-0.25, -0.2) is 0 Å². The monoisotopic (exact) mass is 512 g/mol. The first kappa shape index (κ1) is 31.6. The molecular formula is C31H40N6O. The fourth-order valence-electron chi connectivity index (χ4n) is 3.35. The lowest BCUT2D eigenvalue weighted by Crippen LogP contribution is -2.04. The molecule has 3 rings (SSSR count). The lowest BCUT2D eigenvalue weighted by atomic mass is 9.98. The Kier molecular flexibility index (Phi) is 14.2. The van der Waals surface area contributed by atoms with E-state index in [1.165, 1.54) is 5.56 Å². The number of hydrogen-bond acceptors (Lipinski definition) is 6. The van der Waals surface area contributed by atoms with E-state index in [9.17, 15) is 0 Å². The van der Waals surface area contributed by atoms with Crippen molar-refractivity contribution in [1.82, 2.24) is 9.88 Å². The number of hydrogen-bond donors (Lipinski definition) is 2. The predicted octanol–water partition coefficient (Wildman–Crippen LogP) is 7.15. The number of aryl methyl sites for hydroxylation is 3. The summed E-state index contributed by atoms with van der Waals surface area (Å²) in [7, 11) is 3.93. The second-order valence-electron chi connectivity index (χ2n) is 8.46. The second-order valence-corrected chi connectivity index (χ2v) is 8.46. The number of ether oxygens (including phenoxy) is 1. The van der Waals surface area contributed by atoms with Gasteiger partial charge in [-0.05, 0) is 103 Å². The number of nitriles is 1. The number of nitrogens with zero attached hydrogens (tertiary/aromatic N) is 4. The third kappa shape index (κ3) is 11.1. The molecule has 0 aliphatic carbocycles. The van der Waals surface area contributed by atoms with Crippen LogP contribution in [0.2, 0.25) is 0 Å². The first-order valence-electron chi connectivity index (χ1n) is 12.5. The van der Waals surface area contributed by atoms with E-state index in [0.717, 1.165) is 33.7 Å². The van der Waals surface area contributed by atoms with Gasteiger partial charge in [0.1, 0.15) is 5.75 Å². The van der Waals surface area contributed by atoms with Crippen LogP contribution in [0, 0.1) is 37.5 Å². The van der Waals surface area contributed by atoms with Crippen molar-refractivity contribution >= 4 is 17.9 Å². The van der Waals surface area contributed by atoms with Crippen LogP contribution in [0.3, 0.4) is 0 Å². The highest BCUT2D eigenvalue weighted by Gasteiger charge is 2.10. The maximum atomic E-state index is 8.64. The van der Waals surface area contributed by atoms with Gasteiger partial charge in [0, 0.05) is 39.1 Å². The first-order valence-corrected chi connectivity index (χ1v) is 12.5. The van der Waals surface area contributed by atoms with Gasteiger partial charge in [0.05, 0.1) is 24.5 Å². The van der Waals surface area contributed by atoms with Crippen molar-refractivity contribution in [3.05, 3.63) is 89.4 Å². The van der Waals surface area contributed by atoms with E-state index in [1.54, 1.807) is 31.6 Å². The zero-order valence-corrected chi connectivity index (χ0v) is 23.8. The van der Waals surface area contributed by atoms with Gasteiger partial charge >= 0.3 is 0 Å². The van der Waals surface area contributed by atoms with E-state index < -0.39 is 0 Å². The van der Waals surface area contributed by atoms with Gasteiger partial charge in [-0.15, -0.1) is 0 Å². The van der Waals surface area contributed by atoms with E-state index >= 15 is 0 Å². The Hall–Kier alpha value is -4.44. The molecule has 3 aromatic rings. The molecule has 7 heteroatoms. The summed E-state index contributed by atoms with van der Waals surface area (Å²) in [5.74, 6) is 0.988. The third-order valence-corrected chi connectivity index (χ3v) is 5.00. The van der Waals surface area contributed by atoms with Crippen LogP contribution >= 0.6 is 0 Å². The molecule has 0 amide bonds. The Balaban J connectivity index is 0.000000359. The van der Waals surface area contributed by atoms with Crippen molar-refractivity contribution in [3.8, 4) is 22.9 Å². The normalized spacial score (nSPS) is 10.1. The van der Waals surface area contributed by atoms with Gasteiger partial charge in [0.2, 0.25) is 0 Å². The molecule has 0 radical (unpaired) electrons. The Morgan fingerprint density at radius 2 is 1.71 bits per heavy atom. The minimum absolute atomic E-state index is 0.207. The largest absolute Gasteiger partial charge is 0.443 e. The average molecular weight is 513 g/mol. The summed E-state index contributed by atoms with van der Waals surface area (Å²) in [4.78, 5) is 10.2. The second kappa shape index (κ2) is 17.1. The van der Waals surface area contributed by atoms with Crippen LogP contribution in [0.4, 0.5) is 5.69 Å². The fourth-order valence-corrected chi connectivity index (χ4v) is 3.35. The molecular weight excluding hydrogens is 472 g/mol. The fraction of sp³-hybridized carbons (Fsp3) is 0.290. The molecule has 7 nitrogen and oxygen atoms in total. The number of aromatic nitrogens is 1. The van der Waals surface area contributed by atoms with Crippen LogP contribution in [-0.2, 0) is 0 Å². The molecule has 0 saturated heterocycles. The van der Waals surface area contributed by atoms with Crippen molar-refractivity contribution in [3.63, 3.8) is 0 Å². The molecule has 2 N–H and O–H groups in total. The van der Waals surface area contributed by atoms with Gasteiger partial charge < -0.3 is 15.0 Å². The molecule has 38 heavy (non-hydrogen) atoms. The molecule has 0 aliphatic rings. The van der Waals surface area contributed by atoms with E-state index in [1.807, 2.05) is 83.4 Å². The highest BCUT2D eigenvalue weighted by molar-refractivity contribution is 5.76. The molecule has 0 fully saturated rings. The Morgan fingerprint density at radius 1 is 1.08 bits per heavy atom. The first-order chi connectivity index (χ1) is 18.2. The maximum Gasteiger partial charge on any atom is 0.184 e. The summed E-state index contributed by atoms with van der Waals surface area (Å²) >= 11 is 0. The Morgan fingerprint density at radius 3 is 2.24 bits per heavy atom. The molecule has 2 aromatic carbocycles. The van der Waals surface area contributed by atoms with Gasteiger partial charge in [-0.1, -0.05) is 13.8 Å². The van der Waals surface area contributed by atoms with E-state index in [-0.39, 0.29) is 5.90 Å². The minimum atomic E-state index is 0.207. The zero-order chi connectivity index (χ0) is 28.5. The minimum Gasteiger partial charge on any atom is -0.443 e. The number of aliphatic imine (C=N–C) groups is 1. The zero-order valence-electron chi connectivity index (χ0n) is 23.8. The van der Waals surface area contributed by atoms with Crippen molar-refractivity contribution in [1.29, 1.82) is 10.7 Å². The summed E-state index contributed by atoms with van der Waals surface area (Å²) in [5, 5.41) is 19.1. The summed E-state index contributed by atoms with van der Waals surface area (Å²) in [5.41, 5.74) is 7.14. The van der Waals surface area contributed by atoms with Crippen molar-refractivity contribution in [2.75, 3.05) is 26.0 Å². The standard InChI is InChI=1S/C16H18N2O.C13H16N4.C2H6/c1-10-7-14(15-5-6-18-9-12(15)3)8-11(2)16(10)19-13(4)17;1-17(2)9-3-8-15-11-16-13-6-4-12(10-14)5-7-13;1-2/h5-9,17H,1-4H3;3-7,9,11H,8H2,1-2H3,(H,15,16);1-2H3/b;9-3-;. The molecule has 0 aliphatic heterocycles. The maximum absolute atomic E-state index is 8.64. The number of anilines is 1. The van der Waals surface area contributed by atoms with Crippen molar-refractivity contribution in [2.24, 2.45) is 4.99 Å². The highest BCUT2D eigenvalue weighted by atomic mass is 16.5. The SMILES string of the molecule is CC.CC(=N)Oc1c(C)cc(-c2ccncc2C)cc1C.CN(C)/C=C\CN=CNc1ccc(C#N)cc1.